The van der Waals surface area contributed by atoms with E-state index in [0.29, 0.717) is 18.5 Å². The molecular weight excluding hydrogens is 377 g/mol. The van der Waals surface area contributed by atoms with Crippen LogP contribution in [0.15, 0.2) is 34.1 Å². The van der Waals surface area contributed by atoms with Crippen LogP contribution in [0.25, 0.3) is 11.2 Å². The zero-order valence-electron chi connectivity index (χ0n) is 14.7. The van der Waals surface area contributed by atoms with E-state index in [1.54, 1.807) is 4.57 Å². The Morgan fingerprint density at radius 2 is 2.00 bits per heavy atom. The highest BCUT2D eigenvalue weighted by Crippen LogP contribution is 2.19. The third-order valence-corrected chi connectivity index (χ3v) is 4.46. The first-order chi connectivity index (χ1) is 12.8. The minimum Gasteiger partial charge on any atom is -0.325 e. The highest BCUT2D eigenvalue weighted by molar-refractivity contribution is 6.30. The smallest absolute Gasteiger partial charge is 0.325 e. The van der Waals surface area contributed by atoms with Crippen molar-refractivity contribution in [2.45, 2.75) is 19.4 Å². The Balaban J connectivity index is 1.70. The summed E-state index contributed by atoms with van der Waals surface area (Å²) < 4.78 is 17.6. The van der Waals surface area contributed by atoms with Gasteiger partial charge >= 0.3 is 5.69 Å². The molecule has 2 heterocycles. The lowest BCUT2D eigenvalue weighted by Gasteiger charge is -2.08. The summed E-state index contributed by atoms with van der Waals surface area (Å²) in [5, 5.41) is 2.73. The Bertz CT molecular complexity index is 1150. The molecule has 142 valence electrons. The number of nitrogens with zero attached hydrogens (tertiary/aromatic N) is 4. The molecule has 0 spiro atoms. The molecule has 0 atom stereocenters. The Kier molecular flexibility index (Phi) is 5.13. The molecule has 1 N–H and O–H groups in total. The van der Waals surface area contributed by atoms with Gasteiger partial charge in [0.2, 0.25) is 5.91 Å². The molecule has 0 saturated heterocycles. The molecule has 0 radical (unpaired) electrons. The molecule has 0 unspecified atom stereocenters. The summed E-state index contributed by atoms with van der Waals surface area (Å²) in [6.45, 7) is 0.348. The third-order valence-electron chi connectivity index (χ3n) is 4.23. The molecule has 10 heteroatoms. The van der Waals surface area contributed by atoms with Gasteiger partial charge in [0.15, 0.2) is 11.2 Å². The first kappa shape index (κ1) is 18.8. The summed E-state index contributed by atoms with van der Waals surface area (Å²) in [5.41, 5.74) is -0.263. The van der Waals surface area contributed by atoms with Crippen LogP contribution in [-0.2, 0) is 25.4 Å². The van der Waals surface area contributed by atoms with Gasteiger partial charge in [-0.1, -0.05) is 11.6 Å². The van der Waals surface area contributed by atoms with E-state index in [2.05, 4.69) is 10.3 Å². The number of benzene rings is 1. The molecule has 3 aromatic rings. The fraction of sp³-hybridized carbons (Fsp3) is 0.294. The lowest BCUT2D eigenvalue weighted by molar-refractivity contribution is -0.116. The molecule has 0 aliphatic rings. The van der Waals surface area contributed by atoms with Crippen molar-refractivity contribution in [2.75, 3.05) is 5.32 Å². The van der Waals surface area contributed by atoms with Crippen LogP contribution >= 0.6 is 11.6 Å². The summed E-state index contributed by atoms with van der Waals surface area (Å²) in [5.74, 6) is -0.971. The van der Waals surface area contributed by atoms with Gasteiger partial charge in [-0.15, -0.1) is 0 Å². The largest absolute Gasteiger partial charge is 0.332 e. The van der Waals surface area contributed by atoms with Crippen molar-refractivity contribution in [3.05, 3.63) is 56.2 Å². The number of carbonyl (C=O) groups is 1. The van der Waals surface area contributed by atoms with Gasteiger partial charge in [-0.3, -0.25) is 18.7 Å². The van der Waals surface area contributed by atoms with E-state index in [-0.39, 0.29) is 28.7 Å². The minimum absolute atomic E-state index is 0.0568. The van der Waals surface area contributed by atoms with Gasteiger partial charge in [0, 0.05) is 32.1 Å². The van der Waals surface area contributed by atoms with E-state index >= 15 is 0 Å². The standard InChI is InChI=1S/C17H17ClFN5O3/c1-22-15-14(16(26)23(2)17(22)27)24(9-20-15)7-3-4-13(25)21-12-6-5-10(18)8-11(12)19/h5-6,8-9H,3-4,7H2,1-2H3,(H,21,25). The minimum atomic E-state index is -0.610. The molecule has 3 rings (SSSR count). The summed E-state index contributed by atoms with van der Waals surface area (Å²) in [6, 6.07) is 4.00. The molecule has 0 saturated carbocycles. The number of anilines is 1. The summed E-state index contributed by atoms with van der Waals surface area (Å²) in [4.78, 5) is 40.4. The number of nitrogens with one attached hydrogen (secondary N) is 1. The normalized spacial score (nSPS) is 11.1. The van der Waals surface area contributed by atoms with Crippen molar-refractivity contribution in [1.29, 1.82) is 0 Å². The van der Waals surface area contributed by atoms with E-state index in [0.717, 1.165) is 10.6 Å². The SMILES string of the molecule is Cn1c(=O)c2c(ncn2CCCC(=O)Nc2ccc(Cl)cc2F)n(C)c1=O. The van der Waals surface area contributed by atoms with Gasteiger partial charge in [-0.2, -0.15) is 0 Å². The van der Waals surface area contributed by atoms with Crippen LogP contribution in [-0.4, -0.2) is 24.6 Å². The number of halogens is 2. The van der Waals surface area contributed by atoms with E-state index in [4.69, 9.17) is 11.6 Å². The predicted molar refractivity (Wildman–Crippen MR) is 99.5 cm³/mol. The summed E-state index contributed by atoms with van der Waals surface area (Å²) in [6.07, 6.45) is 1.98. The number of imidazole rings is 1. The topological polar surface area (TPSA) is 90.9 Å². The second-order valence-corrected chi connectivity index (χ2v) is 6.53. The maximum atomic E-state index is 13.7. The fourth-order valence-electron chi connectivity index (χ4n) is 2.78. The van der Waals surface area contributed by atoms with E-state index < -0.39 is 17.1 Å². The molecule has 1 aromatic carbocycles. The molecule has 27 heavy (non-hydrogen) atoms. The van der Waals surface area contributed by atoms with E-state index in [9.17, 15) is 18.8 Å². The Hall–Kier alpha value is -2.94. The molecule has 0 fully saturated rings. The molecule has 2 aromatic heterocycles. The Morgan fingerprint density at radius 3 is 2.70 bits per heavy atom. The Morgan fingerprint density at radius 1 is 1.26 bits per heavy atom. The number of aromatic nitrogens is 4. The van der Waals surface area contributed by atoms with Crippen molar-refractivity contribution in [1.82, 2.24) is 18.7 Å². The number of hydrogen-bond acceptors (Lipinski definition) is 4. The van der Waals surface area contributed by atoms with Gasteiger partial charge in [0.05, 0.1) is 12.0 Å². The van der Waals surface area contributed by atoms with Crippen LogP contribution < -0.4 is 16.6 Å². The molecular formula is C17H17ClFN5O3. The van der Waals surface area contributed by atoms with Crippen molar-refractivity contribution in [3.8, 4) is 0 Å². The van der Waals surface area contributed by atoms with E-state index in [1.165, 1.54) is 37.1 Å². The second kappa shape index (κ2) is 7.36. The zero-order chi connectivity index (χ0) is 19.7. The third kappa shape index (κ3) is 3.63. The molecule has 0 bridgehead atoms. The fourth-order valence-corrected chi connectivity index (χ4v) is 2.94. The molecule has 1 amide bonds. The van der Waals surface area contributed by atoms with Gasteiger partial charge in [-0.25, -0.2) is 14.2 Å². The summed E-state index contributed by atoms with van der Waals surface area (Å²) in [7, 11) is 2.94. The lowest BCUT2D eigenvalue weighted by Crippen LogP contribution is -2.37. The number of hydrogen-bond donors (Lipinski definition) is 1. The van der Waals surface area contributed by atoms with Crippen LogP contribution in [0.3, 0.4) is 0 Å². The van der Waals surface area contributed by atoms with Crippen molar-refractivity contribution in [2.24, 2.45) is 14.1 Å². The quantitative estimate of drug-likeness (QED) is 0.713. The monoisotopic (exact) mass is 393 g/mol. The molecule has 0 aliphatic heterocycles. The van der Waals surface area contributed by atoms with Gasteiger partial charge in [-0.05, 0) is 24.6 Å². The van der Waals surface area contributed by atoms with Crippen molar-refractivity contribution in [3.63, 3.8) is 0 Å². The number of rotatable bonds is 5. The first-order valence-electron chi connectivity index (χ1n) is 8.15. The van der Waals surface area contributed by atoms with E-state index in [1.807, 2.05) is 0 Å². The van der Waals surface area contributed by atoms with Crippen LogP contribution in [0.1, 0.15) is 12.8 Å². The maximum absolute atomic E-state index is 13.7. The van der Waals surface area contributed by atoms with Crippen molar-refractivity contribution >= 4 is 34.4 Å². The highest BCUT2D eigenvalue weighted by Gasteiger charge is 2.14. The average Bonchev–Trinajstić information content (AvgIpc) is 3.04. The van der Waals surface area contributed by atoms with Gasteiger partial charge in [0.25, 0.3) is 5.56 Å². The predicted octanol–water partition coefficient (Wildman–Crippen LogP) is 1.65. The highest BCUT2D eigenvalue weighted by atomic mass is 35.5. The van der Waals surface area contributed by atoms with Gasteiger partial charge in [0.1, 0.15) is 5.82 Å². The Labute approximate surface area is 157 Å². The number of aryl methyl sites for hydroxylation is 2. The first-order valence-corrected chi connectivity index (χ1v) is 8.53. The van der Waals surface area contributed by atoms with Crippen LogP contribution in [0.4, 0.5) is 10.1 Å². The second-order valence-electron chi connectivity index (χ2n) is 6.09. The molecule has 0 aliphatic carbocycles. The number of carbonyl (C=O) groups excluding carboxylic acids is 1. The number of fused-ring (bicyclic) bond motifs is 1. The average molecular weight is 394 g/mol. The van der Waals surface area contributed by atoms with Crippen molar-refractivity contribution < 1.29 is 9.18 Å². The van der Waals surface area contributed by atoms with Crippen LogP contribution in [0.5, 0.6) is 0 Å². The van der Waals surface area contributed by atoms with Crippen LogP contribution in [0.2, 0.25) is 5.02 Å². The number of amides is 1. The maximum Gasteiger partial charge on any atom is 0.332 e. The lowest BCUT2D eigenvalue weighted by atomic mass is 10.2. The van der Waals surface area contributed by atoms with Gasteiger partial charge < -0.3 is 9.88 Å². The summed E-state index contributed by atoms with van der Waals surface area (Å²) >= 11 is 5.68. The molecule has 8 nitrogen and oxygen atoms in total. The zero-order valence-corrected chi connectivity index (χ0v) is 15.5. The van der Waals surface area contributed by atoms with Crippen LogP contribution in [0, 0.1) is 5.82 Å².